The Morgan fingerprint density at radius 3 is 2.68 bits per heavy atom. The molecule has 0 aromatic heterocycles. The molecule has 1 aliphatic heterocycles. The average molecular weight is 475 g/mol. The highest BCUT2D eigenvalue weighted by atomic mass is 16.7. The van der Waals surface area contributed by atoms with Crippen LogP contribution < -0.4 is 0 Å². The lowest BCUT2D eigenvalue weighted by molar-refractivity contribution is -0.372. The number of carbonyl (C=O) groups excluding carboxylic acids is 3. The van der Waals surface area contributed by atoms with Gasteiger partial charge >= 0.3 is 5.97 Å². The molecule has 1 saturated heterocycles. The zero-order valence-corrected chi connectivity index (χ0v) is 20.9. The molecule has 0 spiro atoms. The quantitative estimate of drug-likeness (QED) is 0.369. The van der Waals surface area contributed by atoms with Crippen molar-refractivity contribution in [2.24, 2.45) is 22.7 Å². The third-order valence-corrected chi connectivity index (χ3v) is 10.2. The third kappa shape index (κ3) is 2.96. The highest BCUT2D eigenvalue weighted by Crippen LogP contribution is 2.73. The molecule has 1 N–H and O–H groups in total. The molecule has 0 amide bonds. The molecule has 5 rings (SSSR count). The molecule has 8 atom stereocenters. The number of ether oxygens (including phenoxy) is 3. The van der Waals surface area contributed by atoms with Crippen molar-refractivity contribution in [2.75, 3.05) is 6.61 Å². The number of carbonyl (C=O) groups is 3. The van der Waals surface area contributed by atoms with E-state index < -0.39 is 40.8 Å². The Labute approximate surface area is 201 Å². The molecule has 0 radical (unpaired) electrons. The number of fused-ring (bicyclic) bond motifs is 3. The van der Waals surface area contributed by atoms with E-state index >= 15 is 0 Å². The van der Waals surface area contributed by atoms with Crippen molar-refractivity contribution in [1.82, 2.24) is 0 Å². The molecular weight excluding hydrogens is 436 g/mol. The minimum absolute atomic E-state index is 0.00809. The van der Waals surface area contributed by atoms with Crippen LogP contribution in [-0.4, -0.2) is 52.8 Å². The first-order valence-corrected chi connectivity index (χ1v) is 13.0. The maximum Gasteiger partial charge on any atom is 0.377 e. The first-order valence-electron chi connectivity index (χ1n) is 13.0. The van der Waals surface area contributed by atoms with Gasteiger partial charge in [-0.1, -0.05) is 32.8 Å². The Bertz CT molecular complexity index is 941. The predicted molar refractivity (Wildman–Crippen MR) is 123 cm³/mol. The van der Waals surface area contributed by atoms with Gasteiger partial charge in [0.25, 0.3) is 5.78 Å². The van der Waals surface area contributed by atoms with E-state index in [4.69, 9.17) is 14.2 Å². The fourth-order valence-electron chi connectivity index (χ4n) is 8.62. The Balaban J connectivity index is 1.55. The van der Waals surface area contributed by atoms with Crippen LogP contribution in [0.3, 0.4) is 0 Å². The van der Waals surface area contributed by atoms with E-state index in [2.05, 4.69) is 6.92 Å². The SMILES string of the molecule is CCCCOC(=O)C(=O)[C@@]12CC[C@@]3(OC(C)O1)[C@@H]1CCC4=CC(=O)CC[C@]4(C)[C@H]1[C@H](O)C[C@]23C. The summed E-state index contributed by atoms with van der Waals surface area (Å²) >= 11 is 0. The van der Waals surface area contributed by atoms with Crippen molar-refractivity contribution in [3.63, 3.8) is 0 Å². The standard InChI is InChI=1S/C27H38O7/c1-5-6-13-32-23(31)22(30)27-12-11-26(33-16(2)34-27)19-8-7-17-14-18(28)9-10-24(17,3)21(19)20(29)15-25(26,27)4/h14,16,19-21,29H,5-13,15H2,1-4H3/t16?,19-,20-,21-,24+,25+,26-,27-/m1/s1. The Morgan fingerprint density at radius 2 is 1.94 bits per heavy atom. The second-order valence-corrected chi connectivity index (χ2v) is 11.7. The Kier molecular flexibility index (Phi) is 5.66. The van der Waals surface area contributed by atoms with Crippen LogP contribution >= 0.6 is 0 Å². The third-order valence-electron chi connectivity index (χ3n) is 10.2. The van der Waals surface area contributed by atoms with E-state index in [0.29, 0.717) is 32.1 Å². The number of hydrogen-bond donors (Lipinski definition) is 1. The van der Waals surface area contributed by atoms with Crippen molar-refractivity contribution >= 4 is 17.5 Å². The molecule has 0 aromatic carbocycles. The van der Waals surface area contributed by atoms with Crippen LogP contribution in [0.25, 0.3) is 0 Å². The zero-order chi connectivity index (χ0) is 24.5. The lowest BCUT2D eigenvalue weighted by atomic mass is 9.43. The minimum Gasteiger partial charge on any atom is -0.460 e. The number of aliphatic hydroxyl groups excluding tert-OH is 1. The fourth-order valence-corrected chi connectivity index (χ4v) is 8.62. The van der Waals surface area contributed by atoms with E-state index in [1.807, 2.05) is 13.8 Å². The normalized spacial score (nSPS) is 47.2. The fraction of sp³-hybridized carbons (Fsp3) is 0.815. The summed E-state index contributed by atoms with van der Waals surface area (Å²) in [6.45, 7) is 8.17. The van der Waals surface area contributed by atoms with E-state index in [9.17, 15) is 19.5 Å². The maximum absolute atomic E-state index is 13.7. The van der Waals surface area contributed by atoms with Gasteiger partial charge in [-0.25, -0.2) is 4.79 Å². The monoisotopic (exact) mass is 474 g/mol. The topological polar surface area (TPSA) is 99.1 Å². The van der Waals surface area contributed by atoms with Crippen LogP contribution in [-0.2, 0) is 28.6 Å². The average Bonchev–Trinajstić information content (AvgIpc) is 2.91. The van der Waals surface area contributed by atoms with Crippen LogP contribution in [0.2, 0.25) is 0 Å². The first-order chi connectivity index (χ1) is 16.0. The van der Waals surface area contributed by atoms with Crippen molar-refractivity contribution in [2.45, 2.75) is 109 Å². The van der Waals surface area contributed by atoms with Gasteiger partial charge in [0.1, 0.15) is 5.60 Å². The van der Waals surface area contributed by atoms with Crippen LogP contribution in [0.5, 0.6) is 0 Å². The molecule has 4 fully saturated rings. The highest BCUT2D eigenvalue weighted by molar-refractivity contribution is 6.37. The number of esters is 1. The molecular formula is C27H38O7. The molecule has 7 nitrogen and oxygen atoms in total. The van der Waals surface area contributed by atoms with Gasteiger partial charge in [-0.2, -0.15) is 0 Å². The van der Waals surface area contributed by atoms with Crippen LogP contribution in [0.1, 0.15) is 85.5 Å². The van der Waals surface area contributed by atoms with E-state index in [1.165, 1.54) is 0 Å². The number of ketones is 2. The largest absolute Gasteiger partial charge is 0.460 e. The van der Waals surface area contributed by atoms with E-state index in [-0.39, 0.29) is 29.6 Å². The van der Waals surface area contributed by atoms with Crippen molar-refractivity contribution in [3.8, 4) is 0 Å². The van der Waals surface area contributed by atoms with Gasteiger partial charge in [0, 0.05) is 11.8 Å². The maximum atomic E-state index is 13.7. The lowest BCUT2D eigenvalue weighted by Gasteiger charge is -2.67. The number of unbranched alkanes of at least 4 members (excludes halogenated alkanes) is 1. The van der Waals surface area contributed by atoms with Crippen LogP contribution in [0.15, 0.2) is 11.6 Å². The van der Waals surface area contributed by atoms with E-state index in [0.717, 1.165) is 31.3 Å². The molecule has 4 aliphatic carbocycles. The summed E-state index contributed by atoms with van der Waals surface area (Å²) in [7, 11) is 0. The van der Waals surface area contributed by atoms with Gasteiger partial charge in [-0.05, 0) is 75.2 Å². The predicted octanol–water partition coefficient (Wildman–Crippen LogP) is 3.66. The van der Waals surface area contributed by atoms with Gasteiger partial charge in [0.05, 0.1) is 18.3 Å². The second kappa shape index (κ2) is 7.97. The van der Waals surface area contributed by atoms with Crippen LogP contribution in [0.4, 0.5) is 0 Å². The summed E-state index contributed by atoms with van der Waals surface area (Å²) in [4.78, 5) is 38.7. The van der Waals surface area contributed by atoms with Gasteiger partial charge in [0.2, 0.25) is 0 Å². The zero-order valence-electron chi connectivity index (χ0n) is 20.9. The molecule has 7 heteroatoms. The summed E-state index contributed by atoms with van der Waals surface area (Å²) in [6, 6.07) is 0. The minimum atomic E-state index is -1.36. The molecule has 34 heavy (non-hydrogen) atoms. The summed E-state index contributed by atoms with van der Waals surface area (Å²) in [5.74, 6) is -1.38. The van der Waals surface area contributed by atoms with Crippen molar-refractivity contribution < 1.29 is 33.7 Å². The summed E-state index contributed by atoms with van der Waals surface area (Å²) in [5.41, 5.74) is -2.02. The lowest BCUT2D eigenvalue weighted by Crippen LogP contribution is -2.74. The molecule has 1 unspecified atom stereocenters. The van der Waals surface area contributed by atoms with E-state index in [1.54, 1.807) is 13.0 Å². The summed E-state index contributed by atoms with van der Waals surface area (Å²) < 4.78 is 18.2. The Morgan fingerprint density at radius 1 is 1.18 bits per heavy atom. The highest BCUT2D eigenvalue weighted by Gasteiger charge is 2.80. The molecule has 0 aromatic rings. The van der Waals surface area contributed by atoms with Gasteiger partial charge in [-0.15, -0.1) is 0 Å². The smallest absolute Gasteiger partial charge is 0.377 e. The number of aliphatic hydroxyl groups is 1. The molecule has 2 bridgehead atoms. The molecule has 188 valence electrons. The number of rotatable bonds is 5. The van der Waals surface area contributed by atoms with Gasteiger partial charge < -0.3 is 19.3 Å². The number of Topliss-reactive ketones (excluding diaryl/α,β-unsaturated/α-hetero) is 1. The number of allylic oxidation sites excluding steroid dienone is 1. The Hall–Kier alpha value is -1.57. The van der Waals surface area contributed by atoms with Gasteiger partial charge in [0.15, 0.2) is 12.1 Å². The van der Waals surface area contributed by atoms with Crippen molar-refractivity contribution in [1.29, 1.82) is 0 Å². The molecule has 1 heterocycles. The first kappa shape index (κ1) is 24.1. The van der Waals surface area contributed by atoms with Gasteiger partial charge in [-0.3, -0.25) is 9.59 Å². The second-order valence-electron chi connectivity index (χ2n) is 11.7. The number of hydrogen-bond acceptors (Lipinski definition) is 7. The molecule has 3 saturated carbocycles. The molecule has 5 aliphatic rings. The van der Waals surface area contributed by atoms with Crippen molar-refractivity contribution in [3.05, 3.63) is 11.6 Å². The summed E-state index contributed by atoms with van der Waals surface area (Å²) in [6.07, 6.45) is 6.12. The van der Waals surface area contributed by atoms with Crippen LogP contribution in [0, 0.1) is 22.7 Å². The summed E-state index contributed by atoms with van der Waals surface area (Å²) in [5, 5.41) is 11.7.